The van der Waals surface area contributed by atoms with Crippen LogP contribution in [-0.2, 0) is 4.79 Å². The fourth-order valence-electron chi connectivity index (χ4n) is 2.95. The fraction of sp³-hybridized carbons (Fsp3) is 0.684. The zero-order valence-corrected chi connectivity index (χ0v) is 16.3. The lowest BCUT2D eigenvalue weighted by atomic mass is 10.0. The van der Waals surface area contributed by atoms with Crippen LogP contribution in [0.2, 0.25) is 0 Å². The molecule has 0 spiro atoms. The minimum Gasteiger partial charge on any atom is -0.459 e. The molecule has 0 saturated carbocycles. The Bertz CT molecular complexity index is 522. The topological polar surface area (TPSA) is 74.6 Å². The number of rotatable bonds is 10. The molecule has 1 aromatic rings. The van der Waals surface area contributed by atoms with Crippen LogP contribution in [0.4, 0.5) is 0 Å². The van der Waals surface area contributed by atoms with Crippen molar-refractivity contribution in [2.24, 2.45) is 11.8 Å². The molecule has 2 amide bonds. The quantitative estimate of drug-likeness (QED) is 0.679. The van der Waals surface area contributed by atoms with Gasteiger partial charge in [-0.2, -0.15) is 0 Å². The van der Waals surface area contributed by atoms with Crippen LogP contribution in [0.5, 0.6) is 0 Å². The molecular formula is C19H33N3O3. The van der Waals surface area contributed by atoms with Crippen LogP contribution in [0.3, 0.4) is 0 Å². The Morgan fingerprint density at radius 1 is 1.12 bits per heavy atom. The number of amides is 2. The van der Waals surface area contributed by atoms with Crippen molar-refractivity contribution in [2.75, 3.05) is 19.6 Å². The number of carbonyl (C=O) groups excluding carboxylic acids is 2. The van der Waals surface area contributed by atoms with Gasteiger partial charge in [0.2, 0.25) is 5.91 Å². The Kier molecular flexibility index (Phi) is 8.69. The van der Waals surface area contributed by atoms with Crippen LogP contribution in [0.15, 0.2) is 22.8 Å². The van der Waals surface area contributed by atoms with E-state index in [2.05, 4.69) is 43.2 Å². The molecule has 6 nitrogen and oxygen atoms in total. The van der Waals surface area contributed by atoms with Crippen LogP contribution in [-0.4, -0.2) is 48.4 Å². The zero-order valence-electron chi connectivity index (χ0n) is 16.3. The molecule has 0 radical (unpaired) electrons. The first-order chi connectivity index (χ1) is 11.8. The van der Waals surface area contributed by atoms with Gasteiger partial charge in [0, 0.05) is 12.6 Å². The molecule has 2 unspecified atom stereocenters. The molecule has 0 bridgehead atoms. The minimum atomic E-state index is -0.595. The Hall–Kier alpha value is -1.82. The summed E-state index contributed by atoms with van der Waals surface area (Å²) in [5.74, 6) is 0.0811. The molecule has 0 aliphatic heterocycles. The summed E-state index contributed by atoms with van der Waals surface area (Å²) < 4.78 is 5.10. The Balaban J connectivity index is 2.71. The lowest BCUT2D eigenvalue weighted by molar-refractivity contribution is -0.124. The van der Waals surface area contributed by atoms with Crippen molar-refractivity contribution in [1.82, 2.24) is 15.5 Å². The molecular weight excluding hydrogens is 318 g/mol. The third-order valence-corrected chi connectivity index (χ3v) is 4.52. The number of nitrogens with zero attached hydrogens (tertiary/aromatic N) is 1. The third-order valence-electron chi connectivity index (χ3n) is 4.52. The third kappa shape index (κ3) is 6.20. The average Bonchev–Trinajstić information content (AvgIpc) is 3.09. The highest BCUT2D eigenvalue weighted by Crippen LogP contribution is 2.11. The molecule has 6 heteroatoms. The van der Waals surface area contributed by atoms with E-state index in [0.717, 1.165) is 13.1 Å². The van der Waals surface area contributed by atoms with Crippen molar-refractivity contribution in [3.8, 4) is 0 Å². The second-order valence-electron chi connectivity index (χ2n) is 6.95. The van der Waals surface area contributed by atoms with Gasteiger partial charge < -0.3 is 15.1 Å². The van der Waals surface area contributed by atoms with Gasteiger partial charge in [0.15, 0.2) is 5.76 Å². The summed E-state index contributed by atoms with van der Waals surface area (Å²) in [7, 11) is 0. The second kappa shape index (κ2) is 10.2. The second-order valence-corrected chi connectivity index (χ2v) is 6.95. The van der Waals surface area contributed by atoms with E-state index in [1.807, 2.05) is 13.8 Å². The van der Waals surface area contributed by atoms with Crippen LogP contribution in [0.1, 0.15) is 52.1 Å². The molecule has 0 aromatic carbocycles. The Labute approximate surface area is 151 Å². The Morgan fingerprint density at radius 3 is 2.20 bits per heavy atom. The summed E-state index contributed by atoms with van der Waals surface area (Å²) in [6.07, 6.45) is 1.44. The SMILES string of the molecule is CCN(CC)C(CNC(=O)C(NC(=O)c1ccco1)C(C)C)C(C)C. The first kappa shape index (κ1) is 21.2. The number of likely N-dealkylation sites (N-methyl/N-ethyl adjacent to an activating group) is 1. The number of furan rings is 1. The molecule has 1 heterocycles. The van der Waals surface area contributed by atoms with Crippen LogP contribution in [0, 0.1) is 11.8 Å². The van der Waals surface area contributed by atoms with Gasteiger partial charge in [-0.15, -0.1) is 0 Å². The highest BCUT2D eigenvalue weighted by Gasteiger charge is 2.27. The van der Waals surface area contributed by atoms with Gasteiger partial charge in [0.1, 0.15) is 6.04 Å². The molecule has 0 saturated heterocycles. The monoisotopic (exact) mass is 351 g/mol. The summed E-state index contributed by atoms with van der Waals surface area (Å²) in [5.41, 5.74) is 0. The predicted molar refractivity (Wildman–Crippen MR) is 99.4 cm³/mol. The summed E-state index contributed by atoms with van der Waals surface area (Å²) in [6, 6.07) is 2.91. The van der Waals surface area contributed by atoms with Crippen LogP contribution in [0.25, 0.3) is 0 Å². The van der Waals surface area contributed by atoms with E-state index in [4.69, 9.17) is 4.42 Å². The molecule has 0 aliphatic rings. The normalized spacial score (nSPS) is 14.0. The van der Waals surface area contributed by atoms with Gasteiger partial charge >= 0.3 is 0 Å². The van der Waals surface area contributed by atoms with Gasteiger partial charge in [0.05, 0.1) is 6.26 Å². The van der Waals surface area contributed by atoms with E-state index in [-0.39, 0.29) is 29.5 Å². The average molecular weight is 351 g/mol. The zero-order chi connectivity index (χ0) is 19.0. The van der Waals surface area contributed by atoms with Crippen molar-refractivity contribution in [3.05, 3.63) is 24.2 Å². The predicted octanol–water partition coefficient (Wildman–Crippen LogP) is 2.52. The van der Waals surface area contributed by atoms with E-state index in [9.17, 15) is 9.59 Å². The van der Waals surface area contributed by atoms with Crippen molar-refractivity contribution in [1.29, 1.82) is 0 Å². The van der Waals surface area contributed by atoms with Crippen LogP contribution >= 0.6 is 0 Å². The van der Waals surface area contributed by atoms with E-state index >= 15 is 0 Å². The van der Waals surface area contributed by atoms with Crippen molar-refractivity contribution >= 4 is 11.8 Å². The fourth-order valence-corrected chi connectivity index (χ4v) is 2.95. The van der Waals surface area contributed by atoms with Crippen molar-refractivity contribution in [3.63, 3.8) is 0 Å². The molecule has 2 atom stereocenters. The first-order valence-corrected chi connectivity index (χ1v) is 9.17. The van der Waals surface area contributed by atoms with Crippen molar-refractivity contribution < 1.29 is 14.0 Å². The lowest BCUT2D eigenvalue weighted by Crippen LogP contribution is -2.53. The highest BCUT2D eigenvalue weighted by molar-refractivity contribution is 5.95. The van der Waals surface area contributed by atoms with E-state index in [1.54, 1.807) is 12.1 Å². The number of hydrogen-bond donors (Lipinski definition) is 2. The van der Waals surface area contributed by atoms with E-state index in [1.165, 1.54) is 6.26 Å². The van der Waals surface area contributed by atoms with Gasteiger partial charge in [0.25, 0.3) is 5.91 Å². The van der Waals surface area contributed by atoms with Gasteiger partial charge in [-0.05, 0) is 37.1 Å². The number of carbonyl (C=O) groups is 2. The molecule has 0 aliphatic carbocycles. The molecule has 1 aromatic heterocycles. The van der Waals surface area contributed by atoms with Crippen molar-refractivity contribution in [2.45, 2.75) is 53.6 Å². The van der Waals surface area contributed by atoms with Gasteiger partial charge in [-0.25, -0.2) is 0 Å². The molecule has 142 valence electrons. The van der Waals surface area contributed by atoms with E-state index < -0.39 is 6.04 Å². The highest BCUT2D eigenvalue weighted by atomic mass is 16.3. The van der Waals surface area contributed by atoms with E-state index in [0.29, 0.717) is 12.5 Å². The molecule has 2 N–H and O–H groups in total. The molecule has 1 rings (SSSR count). The largest absolute Gasteiger partial charge is 0.459 e. The summed E-state index contributed by atoms with van der Waals surface area (Å²) in [6.45, 7) is 14.9. The van der Waals surface area contributed by atoms with Gasteiger partial charge in [-0.1, -0.05) is 41.5 Å². The number of hydrogen-bond acceptors (Lipinski definition) is 4. The first-order valence-electron chi connectivity index (χ1n) is 9.17. The summed E-state index contributed by atoms with van der Waals surface area (Å²) >= 11 is 0. The molecule has 0 fully saturated rings. The summed E-state index contributed by atoms with van der Waals surface area (Å²) in [5, 5.41) is 5.79. The Morgan fingerprint density at radius 2 is 1.76 bits per heavy atom. The molecule has 25 heavy (non-hydrogen) atoms. The maximum atomic E-state index is 12.6. The smallest absolute Gasteiger partial charge is 0.287 e. The lowest BCUT2D eigenvalue weighted by Gasteiger charge is -2.33. The number of nitrogens with one attached hydrogen (secondary N) is 2. The van der Waals surface area contributed by atoms with Crippen LogP contribution < -0.4 is 10.6 Å². The maximum Gasteiger partial charge on any atom is 0.287 e. The maximum absolute atomic E-state index is 12.6. The summed E-state index contributed by atoms with van der Waals surface area (Å²) in [4.78, 5) is 27.2. The standard InChI is InChI=1S/C19H33N3O3/c1-7-22(8-2)15(13(3)4)12-20-19(24)17(14(5)6)21-18(23)16-10-9-11-25-16/h9-11,13-15,17H,7-8,12H2,1-6H3,(H,20,24)(H,21,23). The minimum absolute atomic E-state index is 0.0233. The van der Waals surface area contributed by atoms with Gasteiger partial charge in [-0.3, -0.25) is 14.5 Å².